The van der Waals surface area contributed by atoms with Crippen LogP contribution in [0.15, 0.2) is 17.5 Å². The van der Waals surface area contributed by atoms with Crippen LogP contribution in [0.3, 0.4) is 0 Å². The number of thiophene rings is 1. The molecular weight excluding hydrogens is 216 g/mol. The Morgan fingerprint density at radius 2 is 2.25 bits per heavy atom. The van der Waals surface area contributed by atoms with Gasteiger partial charge in [0, 0.05) is 17.5 Å². The van der Waals surface area contributed by atoms with Gasteiger partial charge in [-0.2, -0.15) is 0 Å². The third-order valence-electron chi connectivity index (χ3n) is 3.29. The first-order chi connectivity index (χ1) is 7.67. The maximum atomic E-state index is 5.74. The average Bonchev–Trinajstić information content (AvgIpc) is 2.78. The van der Waals surface area contributed by atoms with E-state index < -0.39 is 0 Å². The van der Waals surface area contributed by atoms with Crippen molar-refractivity contribution in [2.75, 3.05) is 20.1 Å². The molecule has 0 saturated carbocycles. The van der Waals surface area contributed by atoms with Crippen LogP contribution in [0, 0.1) is 5.92 Å². The lowest BCUT2D eigenvalue weighted by Gasteiger charge is -2.27. The molecule has 0 saturated heterocycles. The Morgan fingerprint density at radius 1 is 1.50 bits per heavy atom. The number of likely N-dealkylation sites (N-methyl/N-ethyl adjacent to an activating group) is 1. The van der Waals surface area contributed by atoms with Crippen LogP contribution >= 0.6 is 11.3 Å². The van der Waals surface area contributed by atoms with E-state index in [1.165, 1.54) is 11.3 Å². The molecule has 0 radical (unpaired) electrons. The second-order valence-electron chi connectivity index (χ2n) is 4.58. The second kappa shape index (κ2) is 7.05. The Bertz CT molecular complexity index is 267. The Labute approximate surface area is 103 Å². The highest BCUT2D eigenvalue weighted by molar-refractivity contribution is 7.09. The van der Waals surface area contributed by atoms with E-state index in [4.69, 9.17) is 5.73 Å². The SMILES string of the molecule is CCC(CN)CN(C)C(C)Cc1cccs1. The Kier molecular flexibility index (Phi) is 6.03. The molecule has 0 aromatic carbocycles. The zero-order chi connectivity index (χ0) is 12.0. The topological polar surface area (TPSA) is 29.3 Å². The minimum absolute atomic E-state index is 0.597. The normalized spacial score (nSPS) is 15.3. The van der Waals surface area contributed by atoms with Crippen LogP contribution in [0.4, 0.5) is 0 Å². The van der Waals surface area contributed by atoms with Gasteiger partial charge in [-0.15, -0.1) is 11.3 Å². The largest absolute Gasteiger partial charge is 0.330 e. The highest BCUT2D eigenvalue weighted by Gasteiger charge is 2.14. The molecule has 16 heavy (non-hydrogen) atoms. The first-order valence-corrected chi connectivity index (χ1v) is 6.98. The summed E-state index contributed by atoms with van der Waals surface area (Å²) >= 11 is 1.85. The summed E-state index contributed by atoms with van der Waals surface area (Å²) in [5.74, 6) is 0.635. The summed E-state index contributed by atoms with van der Waals surface area (Å²) in [6.45, 7) is 6.42. The van der Waals surface area contributed by atoms with Crippen molar-refractivity contribution in [1.29, 1.82) is 0 Å². The average molecular weight is 240 g/mol. The van der Waals surface area contributed by atoms with Crippen LogP contribution in [0.2, 0.25) is 0 Å². The molecule has 2 unspecified atom stereocenters. The fourth-order valence-electron chi connectivity index (χ4n) is 1.83. The first kappa shape index (κ1) is 13.7. The minimum atomic E-state index is 0.597. The lowest BCUT2D eigenvalue weighted by atomic mass is 10.1. The molecule has 0 bridgehead atoms. The lowest BCUT2D eigenvalue weighted by molar-refractivity contribution is 0.216. The van der Waals surface area contributed by atoms with E-state index in [0.717, 1.165) is 19.5 Å². The van der Waals surface area contributed by atoms with Gasteiger partial charge in [0.25, 0.3) is 0 Å². The van der Waals surface area contributed by atoms with Crippen LogP contribution in [-0.2, 0) is 6.42 Å². The molecule has 1 rings (SSSR count). The van der Waals surface area contributed by atoms with Crippen LogP contribution < -0.4 is 5.73 Å². The van der Waals surface area contributed by atoms with Crippen molar-refractivity contribution in [3.63, 3.8) is 0 Å². The summed E-state index contributed by atoms with van der Waals surface area (Å²) in [4.78, 5) is 3.90. The van der Waals surface area contributed by atoms with Crippen molar-refractivity contribution >= 4 is 11.3 Å². The van der Waals surface area contributed by atoms with Gasteiger partial charge in [-0.3, -0.25) is 0 Å². The minimum Gasteiger partial charge on any atom is -0.330 e. The fraction of sp³-hybridized carbons (Fsp3) is 0.692. The fourth-order valence-corrected chi connectivity index (χ4v) is 2.66. The van der Waals surface area contributed by atoms with Gasteiger partial charge in [0.2, 0.25) is 0 Å². The van der Waals surface area contributed by atoms with E-state index in [0.29, 0.717) is 12.0 Å². The number of rotatable bonds is 7. The summed E-state index contributed by atoms with van der Waals surface area (Å²) in [6.07, 6.45) is 2.32. The van der Waals surface area contributed by atoms with Crippen LogP contribution in [0.5, 0.6) is 0 Å². The van der Waals surface area contributed by atoms with Gasteiger partial charge in [-0.25, -0.2) is 0 Å². The van der Waals surface area contributed by atoms with Crippen LogP contribution in [0.25, 0.3) is 0 Å². The van der Waals surface area contributed by atoms with E-state index in [1.54, 1.807) is 0 Å². The van der Waals surface area contributed by atoms with E-state index in [-0.39, 0.29) is 0 Å². The molecule has 3 heteroatoms. The molecule has 92 valence electrons. The van der Waals surface area contributed by atoms with Crippen molar-refractivity contribution < 1.29 is 0 Å². The van der Waals surface area contributed by atoms with Crippen LogP contribution in [0.1, 0.15) is 25.1 Å². The van der Waals surface area contributed by atoms with E-state index in [2.05, 4.69) is 43.3 Å². The summed E-state index contributed by atoms with van der Waals surface area (Å²) in [7, 11) is 2.20. The molecule has 1 aromatic rings. The molecule has 2 nitrogen and oxygen atoms in total. The molecule has 0 spiro atoms. The number of hydrogen-bond donors (Lipinski definition) is 1. The first-order valence-electron chi connectivity index (χ1n) is 6.10. The van der Waals surface area contributed by atoms with Crippen molar-refractivity contribution in [2.45, 2.75) is 32.7 Å². The molecule has 0 aliphatic rings. The zero-order valence-electron chi connectivity index (χ0n) is 10.6. The number of hydrogen-bond acceptors (Lipinski definition) is 3. The van der Waals surface area contributed by atoms with Crippen molar-refractivity contribution in [2.24, 2.45) is 11.7 Å². The molecule has 0 amide bonds. The zero-order valence-corrected chi connectivity index (χ0v) is 11.5. The summed E-state index contributed by atoms with van der Waals surface area (Å²) < 4.78 is 0. The molecule has 0 aliphatic heterocycles. The quantitative estimate of drug-likeness (QED) is 0.794. The molecule has 2 N–H and O–H groups in total. The summed E-state index contributed by atoms with van der Waals surface area (Å²) in [6, 6.07) is 4.94. The van der Waals surface area contributed by atoms with E-state index in [1.807, 2.05) is 11.3 Å². The third-order valence-corrected chi connectivity index (χ3v) is 4.18. The maximum Gasteiger partial charge on any atom is 0.0112 e. The van der Waals surface area contributed by atoms with Gasteiger partial charge in [0.15, 0.2) is 0 Å². The molecule has 2 atom stereocenters. The van der Waals surface area contributed by atoms with Gasteiger partial charge in [-0.05, 0) is 44.3 Å². The van der Waals surface area contributed by atoms with Gasteiger partial charge in [0.1, 0.15) is 0 Å². The van der Waals surface area contributed by atoms with Gasteiger partial charge < -0.3 is 10.6 Å². The predicted octanol–water partition coefficient (Wildman–Crippen LogP) is 2.60. The second-order valence-corrected chi connectivity index (χ2v) is 5.61. The Morgan fingerprint density at radius 3 is 2.75 bits per heavy atom. The molecule has 0 fully saturated rings. The molecule has 1 aromatic heterocycles. The molecule has 0 aliphatic carbocycles. The third kappa shape index (κ3) is 4.24. The Hall–Kier alpha value is -0.380. The maximum absolute atomic E-state index is 5.74. The molecule has 1 heterocycles. The highest BCUT2D eigenvalue weighted by atomic mass is 32.1. The smallest absolute Gasteiger partial charge is 0.0112 e. The predicted molar refractivity (Wildman–Crippen MR) is 73.0 cm³/mol. The Balaban J connectivity index is 2.38. The standard InChI is InChI=1S/C13H24N2S/c1-4-12(9-14)10-15(3)11(2)8-13-6-5-7-16-13/h5-7,11-12H,4,8-10,14H2,1-3H3. The van der Waals surface area contributed by atoms with Gasteiger partial charge >= 0.3 is 0 Å². The van der Waals surface area contributed by atoms with E-state index >= 15 is 0 Å². The van der Waals surface area contributed by atoms with Gasteiger partial charge in [-0.1, -0.05) is 19.4 Å². The van der Waals surface area contributed by atoms with Crippen LogP contribution in [-0.4, -0.2) is 31.1 Å². The lowest BCUT2D eigenvalue weighted by Crippen LogP contribution is -2.36. The summed E-state index contributed by atoms with van der Waals surface area (Å²) in [5, 5.41) is 2.15. The van der Waals surface area contributed by atoms with E-state index in [9.17, 15) is 0 Å². The van der Waals surface area contributed by atoms with Crippen molar-refractivity contribution in [3.05, 3.63) is 22.4 Å². The highest BCUT2D eigenvalue weighted by Crippen LogP contribution is 2.14. The number of nitrogens with zero attached hydrogens (tertiary/aromatic N) is 1. The monoisotopic (exact) mass is 240 g/mol. The number of nitrogens with two attached hydrogens (primary N) is 1. The molecular formula is C13H24N2S. The van der Waals surface area contributed by atoms with Gasteiger partial charge in [0.05, 0.1) is 0 Å². The summed E-state index contributed by atoms with van der Waals surface area (Å²) in [5.41, 5.74) is 5.74. The van der Waals surface area contributed by atoms with Crippen molar-refractivity contribution in [1.82, 2.24) is 4.90 Å². The van der Waals surface area contributed by atoms with Crippen molar-refractivity contribution in [3.8, 4) is 0 Å².